The largest absolute Gasteiger partial charge is 0.337 e. The van der Waals surface area contributed by atoms with Crippen LogP contribution >= 0.6 is 0 Å². The van der Waals surface area contributed by atoms with E-state index in [2.05, 4.69) is 170 Å². The number of benzene rings is 7. The normalized spacial score (nSPS) is 11.2. The van der Waals surface area contributed by atoms with Crippen LogP contribution in [-0.2, 0) is 6.54 Å². The topological polar surface area (TPSA) is 3.24 Å². The standard InChI is InChI=1S/C41H33N/c1-29-16-22-32(23-17-29)40-36-12-6-8-14-38(36)41(39-15-9-7-13-37(39)40)33-24-20-31(21-25-33)28-42(34-10-4-3-5-11-34)35-26-18-30(2)19-27-35/h3-27H,28H2,1-2H3. The van der Waals surface area contributed by atoms with E-state index in [-0.39, 0.29) is 0 Å². The van der Waals surface area contributed by atoms with Gasteiger partial charge in [-0.15, -0.1) is 0 Å². The number of rotatable bonds is 6. The molecule has 0 heterocycles. The summed E-state index contributed by atoms with van der Waals surface area (Å²) >= 11 is 0. The molecule has 0 aliphatic carbocycles. The SMILES string of the molecule is Cc1ccc(-c2c3ccccc3c(-c3ccc(CN(c4ccccc4)c4ccc(C)cc4)cc3)c3ccccc23)cc1. The van der Waals surface area contributed by atoms with Crippen LogP contribution in [0.5, 0.6) is 0 Å². The Kier molecular flexibility index (Phi) is 6.78. The van der Waals surface area contributed by atoms with Gasteiger partial charge >= 0.3 is 0 Å². The van der Waals surface area contributed by atoms with Gasteiger partial charge in [-0.2, -0.15) is 0 Å². The molecule has 7 aromatic rings. The molecule has 0 fully saturated rings. The molecule has 0 radical (unpaired) electrons. The summed E-state index contributed by atoms with van der Waals surface area (Å²) in [5.41, 5.74) is 11.3. The lowest BCUT2D eigenvalue weighted by Crippen LogP contribution is -2.16. The Morgan fingerprint density at radius 3 is 1.24 bits per heavy atom. The summed E-state index contributed by atoms with van der Waals surface area (Å²) < 4.78 is 0. The van der Waals surface area contributed by atoms with Crippen LogP contribution in [0.1, 0.15) is 16.7 Å². The Bertz CT molecular complexity index is 1930. The Hall–Kier alpha value is -5.14. The third kappa shape index (κ3) is 4.84. The van der Waals surface area contributed by atoms with Crippen LogP contribution in [0.4, 0.5) is 11.4 Å². The van der Waals surface area contributed by atoms with Crippen LogP contribution in [0.3, 0.4) is 0 Å². The zero-order valence-electron chi connectivity index (χ0n) is 24.1. The van der Waals surface area contributed by atoms with E-state index < -0.39 is 0 Å². The number of nitrogens with zero attached hydrogens (tertiary/aromatic N) is 1. The first-order valence-corrected chi connectivity index (χ1v) is 14.6. The number of hydrogen-bond donors (Lipinski definition) is 0. The summed E-state index contributed by atoms with van der Waals surface area (Å²) in [6.07, 6.45) is 0. The van der Waals surface area contributed by atoms with Crippen molar-refractivity contribution in [1.82, 2.24) is 0 Å². The van der Waals surface area contributed by atoms with E-state index in [1.165, 1.54) is 71.9 Å². The quantitative estimate of drug-likeness (QED) is 0.190. The van der Waals surface area contributed by atoms with Crippen LogP contribution in [0, 0.1) is 13.8 Å². The number of hydrogen-bond acceptors (Lipinski definition) is 1. The molecule has 0 saturated heterocycles. The van der Waals surface area contributed by atoms with Gasteiger partial charge < -0.3 is 4.90 Å². The first-order chi connectivity index (χ1) is 20.7. The van der Waals surface area contributed by atoms with Gasteiger partial charge in [0.15, 0.2) is 0 Å². The second-order valence-electron chi connectivity index (χ2n) is 11.2. The molecule has 1 nitrogen and oxygen atoms in total. The third-order valence-corrected chi connectivity index (χ3v) is 8.27. The van der Waals surface area contributed by atoms with Crippen molar-refractivity contribution < 1.29 is 0 Å². The highest BCUT2D eigenvalue weighted by atomic mass is 15.1. The van der Waals surface area contributed by atoms with Crippen LogP contribution in [-0.4, -0.2) is 0 Å². The molecule has 0 aromatic heterocycles. The van der Waals surface area contributed by atoms with Crippen LogP contribution in [0.15, 0.2) is 152 Å². The van der Waals surface area contributed by atoms with Gasteiger partial charge in [0.25, 0.3) is 0 Å². The summed E-state index contributed by atoms with van der Waals surface area (Å²) in [5.74, 6) is 0. The van der Waals surface area contributed by atoms with Crippen molar-refractivity contribution in [2.75, 3.05) is 4.90 Å². The maximum atomic E-state index is 2.38. The number of aryl methyl sites for hydroxylation is 2. The number of anilines is 2. The molecule has 0 saturated carbocycles. The lowest BCUT2D eigenvalue weighted by atomic mass is 9.86. The summed E-state index contributed by atoms with van der Waals surface area (Å²) in [7, 11) is 0. The molecular formula is C41H33N. The molecule has 7 aromatic carbocycles. The fourth-order valence-corrected chi connectivity index (χ4v) is 6.09. The van der Waals surface area contributed by atoms with Gasteiger partial charge in [0.05, 0.1) is 0 Å². The first kappa shape index (κ1) is 25.8. The molecule has 0 aliphatic rings. The van der Waals surface area contributed by atoms with E-state index >= 15 is 0 Å². The van der Waals surface area contributed by atoms with Crippen LogP contribution < -0.4 is 4.90 Å². The average Bonchev–Trinajstić information content (AvgIpc) is 3.04. The molecule has 202 valence electrons. The van der Waals surface area contributed by atoms with Crippen molar-refractivity contribution in [3.8, 4) is 22.3 Å². The van der Waals surface area contributed by atoms with E-state index in [0.717, 1.165) is 6.54 Å². The van der Waals surface area contributed by atoms with Crippen molar-refractivity contribution >= 4 is 32.9 Å². The monoisotopic (exact) mass is 539 g/mol. The van der Waals surface area contributed by atoms with Gasteiger partial charge in [-0.3, -0.25) is 0 Å². The van der Waals surface area contributed by atoms with Gasteiger partial charge in [0.1, 0.15) is 0 Å². The second kappa shape index (κ2) is 11.0. The Morgan fingerprint density at radius 1 is 0.381 bits per heavy atom. The molecule has 0 atom stereocenters. The van der Waals surface area contributed by atoms with E-state index in [4.69, 9.17) is 0 Å². The van der Waals surface area contributed by atoms with E-state index in [1.807, 2.05) is 0 Å². The van der Waals surface area contributed by atoms with Crippen molar-refractivity contribution in [2.45, 2.75) is 20.4 Å². The van der Waals surface area contributed by atoms with Crippen molar-refractivity contribution in [2.24, 2.45) is 0 Å². The zero-order valence-corrected chi connectivity index (χ0v) is 24.1. The molecular weight excluding hydrogens is 506 g/mol. The zero-order chi connectivity index (χ0) is 28.5. The van der Waals surface area contributed by atoms with E-state index in [9.17, 15) is 0 Å². The molecule has 7 rings (SSSR count). The van der Waals surface area contributed by atoms with Gasteiger partial charge in [-0.1, -0.05) is 139 Å². The van der Waals surface area contributed by atoms with E-state index in [1.54, 1.807) is 0 Å². The number of fused-ring (bicyclic) bond motifs is 2. The Morgan fingerprint density at radius 2 is 0.762 bits per heavy atom. The maximum absolute atomic E-state index is 2.38. The molecule has 0 N–H and O–H groups in total. The maximum Gasteiger partial charge on any atom is 0.0481 e. The van der Waals surface area contributed by atoms with Crippen molar-refractivity contribution in [1.29, 1.82) is 0 Å². The van der Waals surface area contributed by atoms with Gasteiger partial charge in [0.2, 0.25) is 0 Å². The third-order valence-electron chi connectivity index (χ3n) is 8.27. The Labute approximate surface area is 248 Å². The highest BCUT2D eigenvalue weighted by molar-refractivity contribution is 6.21. The van der Waals surface area contributed by atoms with Gasteiger partial charge in [-0.25, -0.2) is 0 Å². The molecule has 0 bridgehead atoms. The molecule has 1 heteroatoms. The minimum atomic E-state index is 0.793. The van der Waals surface area contributed by atoms with Gasteiger partial charge in [-0.05, 0) is 87.5 Å². The fourth-order valence-electron chi connectivity index (χ4n) is 6.09. The number of para-hydroxylation sites is 1. The smallest absolute Gasteiger partial charge is 0.0481 e. The Balaban J connectivity index is 1.33. The molecule has 0 aliphatic heterocycles. The molecule has 0 amide bonds. The van der Waals surface area contributed by atoms with Gasteiger partial charge in [0, 0.05) is 17.9 Å². The minimum Gasteiger partial charge on any atom is -0.337 e. The van der Waals surface area contributed by atoms with Crippen molar-refractivity contribution in [3.05, 3.63) is 168 Å². The summed E-state index contributed by atoms with van der Waals surface area (Å²) in [4.78, 5) is 2.38. The van der Waals surface area contributed by atoms with Crippen LogP contribution in [0.2, 0.25) is 0 Å². The average molecular weight is 540 g/mol. The molecule has 0 unspecified atom stereocenters. The minimum absolute atomic E-state index is 0.793. The lowest BCUT2D eigenvalue weighted by molar-refractivity contribution is 0.975. The predicted octanol–water partition coefficient (Wildman–Crippen LogP) is 11.3. The summed E-state index contributed by atoms with van der Waals surface area (Å²) in [6.45, 7) is 5.07. The summed E-state index contributed by atoms with van der Waals surface area (Å²) in [6, 6.07) is 55.3. The van der Waals surface area contributed by atoms with Crippen molar-refractivity contribution in [3.63, 3.8) is 0 Å². The highest BCUT2D eigenvalue weighted by Gasteiger charge is 2.17. The molecule has 42 heavy (non-hydrogen) atoms. The second-order valence-corrected chi connectivity index (χ2v) is 11.2. The highest BCUT2D eigenvalue weighted by Crippen LogP contribution is 2.43. The first-order valence-electron chi connectivity index (χ1n) is 14.6. The van der Waals surface area contributed by atoms with Crippen LogP contribution in [0.25, 0.3) is 43.8 Å². The van der Waals surface area contributed by atoms with E-state index in [0.29, 0.717) is 0 Å². The molecule has 0 spiro atoms. The fraction of sp³-hybridized carbons (Fsp3) is 0.0732. The lowest BCUT2D eigenvalue weighted by Gasteiger charge is -2.25. The summed E-state index contributed by atoms with van der Waals surface area (Å²) in [5, 5.41) is 5.14. The predicted molar refractivity (Wildman–Crippen MR) is 181 cm³/mol.